The van der Waals surface area contributed by atoms with Crippen LogP contribution in [0.1, 0.15) is 11.0 Å². The predicted molar refractivity (Wildman–Crippen MR) is 35.3 cm³/mol. The topological polar surface area (TPSA) is 20.2 Å². The van der Waals surface area contributed by atoms with Crippen LogP contribution in [0.2, 0.25) is 0 Å². The highest BCUT2D eigenvalue weighted by Crippen LogP contribution is 2.18. The third kappa shape index (κ3) is 1.50. The van der Waals surface area contributed by atoms with Gasteiger partial charge in [-0.05, 0) is 11.4 Å². The minimum atomic E-state index is -0.912. The van der Waals surface area contributed by atoms with Gasteiger partial charge in [0.2, 0.25) is 0 Å². The van der Waals surface area contributed by atoms with E-state index in [4.69, 9.17) is 5.11 Å². The van der Waals surface area contributed by atoms with Crippen molar-refractivity contribution in [3.8, 4) is 0 Å². The molecule has 0 aliphatic carbocycles. The molecule has 0 spiro atoms. The second kappa shape index (κ2) is 2.94. The zero-order chi connectivity index (χ0) is 6.69. The molecular weight excluding hydrogens is 139 g/mol. The molecule has 1 unspecified atom stereocenters. The van der Waals surface area contributed by atoms with Crippen LogP contribution in [0.5, 0.6) is 0 Å². The van der Waals surface area contributed by atoms with Gasteiger partial charge in [-0.25, -0.2) is 4.39 Å². The maximum absolute atomic E-state index is 11.7. The molecule has 1 rings (SSSR count). The van der Waals surface area contributed by atoms with Crippen LogP contribution in [0.4, 0.5) is 4.39 Å². The van der Waals surface area contributed by atoms with Gasteiger partial charge in [0.05, 0.1) is 0 Å². The quantitative estimate of drug-likeness (QED) is 0.674. The average Bonchev–Trinajstić information content (AvgIpc) is 2.37. The molecule has 1 nitrogen and oxygen atoms in total. The van der Waals surface area contributed by atoms with Crippen LogP contribution >= 0.6 is 11.3 Å². The van der Waals surface area contributed by atoms with Gasteiger partial charge in [-0.15, -0.1) is 11.3 Å². The summed E-state index contributed by atoms with van der Waals surface area (Å²) in [6, 6.07) is 3.51. The maximum atomic E-state index is 11.7. The Morgan fingerprint density at radius 3 is 3.00 bits per heavy atom. The van der Waals surface area contributed by atoms with E-state index in [1.54, 1.807) is 12.1 Å². The van der Waals surface area contributed by atoms with Gasteiger partial charge in [-0.2, -0.15) is 0 Å². The number of alkyl halides is 1. The van der Waals surface area contributed by atoms with E-state index in [9.17, 15) is 4.39 Å². The third-order valence-corrected chi connectivity index (χ3v) is 1.99. The molecule has 9 heavy (non-hydrogen) atoms. The van der Waals surface area contributed by atoms with Gasteiger partial charge in [0, 0.05) is 4.88 Å². The number of hydrogen-bond donors (Lipinski definition) is 1. The molecule has 1 N–H and O–H groups in total. The molecule has 1 aromatic rings. The standard InChI is InChI=1S/C6H7FOS/c7-4-5(8)6-2-1-3-9-6/h1-3,5,8H,4H2. The van der Waals surface area contributed by atoms with Crippen molar-refractivity contribution in [3.63, 3.8) is 0 Å². The van der Waals surface area contributed by atoms with Gasteiger partial charge in [0.15, 0.2) is 0 Å². The summed E-state index contributed by atoms with van der Waals surface area (Å²) in [5.74, 6) is 0. The molecule has 0 aromatic carbocycles. The second-order valence-electron chi connectivity index (χ2n) is 1.69. The first-order valence-corrected chi connectivity index (χ1v) is 3.50. The first-order valence-electron chi connectivity index (χ1n) is 2.62. The van der Waals surface area contributed by atoms with Gasteiger partial charge in [-0.3, -0.25) is 0 Å². The first-order chi connectivity index (χ1) is 4.34. The van der Waals surface area contributed by atoms with Crippen molar-refractivity contribution < 1.29 is 9.50 Å². The molecule has 0 bridgehead atoms. The molecule has 1 atom stereocenters. The number of rotatable bonds is 2. The molecule has 0 fully saturated rings. The predicted octanol–water partition coefficient (Wildman–Crippen LogP) is 1.75. The lowest BCUT2D eigenvalue weighted by Crippen LogP contribution is -1.94. The molecule has 1 heterocycles. The highest BCUT2D eigenvalue weighted by atomic mass is 32.1. The largest absolute Gasteiger partial charge is 0.385 e. The molecule has 0 aliphatic rings. The highest BCUT2D eigenvalue weighted by molar-refractivity contribution is 7.10. The summed E-state index contributed by atoms with van der Waals surface area (Å²) in [6.07, 6.45) is -0.912. The zero-order valence-electron chi connectivity index (χ0n) is 4.75. The summed E-state index contributed by atoms with van der Waals surface area (Å²) in [5, 5.41) is 10.7. The van der Waals surface area contributed by atoms with Crippen LogP contribution in [-0.2, 0) is 0 Å². The Hall–Kier alpha value is -0.410. The Morgan fingerprint density at radius 2 is 2.56 bits per heavy atom. The van der Waals surface area contributed by atoms with E-state index < -0.39 is 12.8 Å². The Kier molecular flexibility index (Phi) is 2.19. The van der Waals surface area contributed by atoms with Crippen LogP contribution in [0.15, 0.2) is 17.5 Å². The monoisotopic (exact) mass is 146 g/mol. The van der Waals surface area contributed by atoms with Gasteiger partial charge < -0.3 is 5.11 Å². The van der Waals surface area contributed by atoms with Crippen molar-refractivity contribution in [1.29, 1.82) is 0 Å². The molecular formula is C6H7FOS. The van der Waals surface area contributed by atoms with Crippen molar-refractivity contribution in [3.05, 3.63) is 22.4 Å². The zero-order valence-corrected chi connectivity index (χ0v) is 5.57. The Bertz CT molecular complexity index is 162. The van der Waals surface area contributed by atoms with Crippen LogP contribution in [0.3, 0.4) is 0 Å². The molecule has 0 aliphatic heterocycles. The number of halogens is 1. The Morgan fingerprint density at radius 1 is 1.78 bits per heavy atom. The van der Waals surface area contributed by atoms with Crippen LogP contribution in [-0.4, -0.2) is 11.8 Å². The van der Waals surface area contributed by atoms with E-state index in [1.165, 1.54) is 11.3 Å². The minimum Gasteiger partial charge on any atom is -0.385 e. The van der Waals surface area contributed by atoms with Crippen molar-refractivity contribution in [2.24, 2.45) is 0 Å². The molecule has 0 amide bonds. The average molecular weight is 146 g/mol. The second-order valence-corrected chi connectivity index (χ2v) is 2.66. The number of aliphatic hydroxyl groups excluding tert-OH is 1. The lowest BCUT2D eigenvalue weighted by Gasteiger charge is -1.98. The fourth-order valence-corrected chi connectivity index (χ4v) is 1.25. The summed E-state index contributed by atoms with van der Waals surface area (Å²) in [4.78, 5) is 0.692. The number of hydrogen-bond acceptors (Lipinski definition) is 2. The third-order valence-electron chi connectivity index (χ3n) is 1.02. The molecule has 0 saturated carbocycles. The van der Waals surface area contributed by atoms with Gasteiger partial charge >= 0.3 is 0 Å². The summed E-state index contributed by atoms with van der Waals surface area (Å²) < 4.78 is 11.7. The lowest BCUT2D eigenvalue weighted by atomic mass is 10.3. The lowest BCUT2D eigenvalue weighted by molar-refractivity contribution is 0.145. The van der Waals surface area contributed by atoms with Gasteiger partial charge in [0.1, 0.15) is 12.8 Å². The van der Waals surface area contributed by atoms with Crippen molar-refractivity contribution in [2.75, 3.05) is 6.67 Å². The summed E-state index contributed by atoms with van der Waals surface area (Å²) in [7, 11) is 0. The van der Waals surface area contributed by atoms with E-state index in [1.807, 2.05) is 5.38 Å². The summed E-state index contributed by atoms with van der Waals surface area (Å²) in [6.45, 7) is -0.694. The highest BCUT2D eigenvalue weighted by Gasteiger charge is 2.05. The fraction of sp³-hybridized carbons (Fsp3) is 0.333. The number of thiophene rings is 1. The SMILES string of the molecule is OC(CF)c1cccs1. The Labute approximate surface area is 56.8 Å². The molecule has 3 heteroatoms. The normalized spacial score (nSPS) is 13.6. The van der Waals surface area contributed by atoms with Crippen LogP contribution in [0.25, 0.3) is 0 Å². The van der Waals surface area contributed by atoms with Crippen LogP contribution in [0, 0.1) is 0 Å². The van der Waals surface area contributed by atoms with E-state index >= 15 is 0 Å². The molecule has 50 valence electrons. The van der Waals surface area contributed by atoms with Gasteiger partial charge in [0.25, 0.3) is 0 Å². The fourth-order valence-electron chi connectivity index (χ4n) is 0.557. The van der Waals surface area contributed by atoms with E-state index in [2.05, 4.69) is 0 Å². The smallest absolute Gasteiger partial charge is 0.120 e. The van der Waals surface area contributed by atoms with Crippen molar-refractivity contribution in [1.82, 2.24) is 0 Å². The van der Waals surface area contributed by atoms with E-state index in [0.29, 0.717) is 4.88 Å². The van der Waals surface area contributed by atoms with Gasteiger partial charge in [-0.1, -0.05) is 6.07 Å². The van der Waals surface area contributed by atoms with E-state index in [0.717, 1.165) is 0 Å². The first kappa shape index (κ1) is 6.71. The minimum absolute atomic E-state index is 0.692. The summed E-state index contributed by atoms with van der Waals surface area (Å²) >= 11 is 1.37. The molecule has 0 radical (unpaired) electrons. The van der Waals surface area contributed by atoms with Crippen LogP contribution < -0.4 is 0 Å². The van der Waals surface area contributed by atoms with Crippen molar-refractivity contribution >= 4 is 11.3 Å². The molecule has 1 aromatic heterocycles. The summed E-state index contributed by atoms with van der Waals surface area (Å²) in [5.41, 5.74) is 0. The van der Waals surface area contributed by atoms with Crippen molar-refractivity contribution in [2.45, 2.75) is 6.10 Å². The Balaban J connectivity index is 2.65. The maximum Gasteiger partial charge on any atom is 0.120 e. The van der Waals surface area contributed by atoms with E-state index in [-0.39, 0.29) is 0 Å². The molecule has 0 saturated heterocycles. The number of aliphatic hydroxyl groups is 1.